The lowest BCUT2D eigenvalue weighted by Gasteiger charge is -2.24. The molecule has 0 aliphatic carbocycles. The summed E-state index contributed by atoms with van der Waals surface area (Å²) >= 11 is 0. The molecule has 1 aliphatic rings. The van der Waals surface area contributed by atoms with E-state index in [0.29, 0.717) is 11.8 Å². The van der Waals surface area contributed by atoms with E-state index in [0.717, 1.165) is 39.1 Å². The fourth-order valence-electron chi connectivity index (χ4n) is 2.40. The van der Waals surface area contributed by atoms with E-state index in [2.05, 4.69) is 19.2 Å². The van der Waals surface area contributed by atoms with Crippen LogP contribution < -0.4 is 5.32 Å². The average Bonchev–Trinajstić information content (AvgIpc) is 2.32. The van der Waals surface area contributed by atoms with Crippen LogP contribution in [0.4, 0.5) is 0 Å². The fourth-order valence-corrected chi connectivity index (χ4v) is 2.40. The molecule has 2 N–H and O–H groups in total. The number of hydrogen-bond acceptors (Lipinski definition) is 3. The molecule has 3 nitrogen and oxygen atoms in total. The van der Waals surface area contributed by atoms with E-state index in [1.165, 1.54) is 12.8 Å². The SMILES string of the molecule is CCC(CC)C(O)CNCC1CCCOC1. The summed E-state index contributed by atoms with van der Waals surface area (Å²) in [7, 11) is 0. The third-order valence-electron chi connectivity index (χ3n) is 3.63. The molecular weight excluding hydrogens is 202 g/mol. The number of ether oxygens (including phenoxy) is 1. The number of rotatable bonds is 7. The van der Waals surface area contributed by atoms with Crippen LogP contribution in [0.25, 0.3) is 0 Å². The lowest BCUT2D eigenvalue weighted by atomic mass is 9.96. The quantitative estimate of drug-likeness (QED) is 0.699. The predicted molar refractivity (Wildman–Crippen MR) is 66.5 cm³/mol. The van der Waals surface area contributed by atoms with Crippen LogP contribution in [0, 0.1) is 11.8 Å². The van der Waals surface area contributed by atoms with Crippen molar-refractivity contribution in [2.24, 2.45) is 11.8 Å². The van der Waals surface area contributed by atoms with E-state index in [9.17, 15) is 5.11 Å². The maximum atomic E-state index is 9.94. The van der Waals surface area contributed by atoms with E-state index < -0.39 is 0 Å². The van der Waals surface area contributed by atoms with Gasteiger partial charge in [0.2, 0.25) is 0 Å². The van der Waals surface area contributed by atoms with Crippen LogP contribution >= 0.6 is 0 Å². The second-order valence-corrected chi connectivity index (χ2v) is 4.89. The number of aliphatic hydroxyl groups excluding tert-OH is 1. The van der Waals surface area contributed by atoms with Crippen LogP contribution in [0.3, 0.4) is 0 Å². The summed E-state index contributed by atoms with van der Waals surface area (Å²) in [4.78, 5) is 0. The third kappa shape index (κ3) is 4.81. The lowest BCUT2D eigenvalue weighted by Crippen LogP contribution is -2.36. The smallest absolute Gasteiger partial charge is 0.0692 e. The van der Waals surface area contributed by atoms with Crippen LogP contribution in [-0.4, -0.2) is 37.5 Å². The minimum absolute atomic E-state index is 0.195. The molecule has 0 aromatic carbocycles. The lowest BCUT2D eigenvalue weighted by molar-refractivity contribution is 0.0507. The minimum atomic E-state index is -0.195. The Balaban J connectivity index is 2.09. The fraction of sp³-hybridized carbons (Fsp3) is 1.00. The summed E-state index contributed by atoms with van der Waals surface area (Å²) in [5.41, 5.74) is 0. The highest BCUT2D eigenvalue weighted by Gasteiger charge is 2.17. The topological polar surface area (TPSA) is 41.5 Å². The van der Waals surface area contributed by atoms with Gasteiger partial charge in [0.15, 0.2) is 0 Å². The molecule has 0 radical (unpaired) electrons. The van der Waals surface area contributed by atoms with Crippen molar-refractivity contribution in [3.05, 3.63) is 0 Å². The van der Waals surface area contributed by atoms with E-state index in [-0.39, 0.29) is 6.10 Å². The standard InChI is InChI=1S/C13H27NO2/c1-3-12(4-2)13(15)9-14-8-11-6-5-7-16-10-11/h11-15H,3-10H2,1-2H3. The van der Waals surface area contributed by atoms with Crippen LogP contribution in [0.5, 0.6) is 0 Å². The van der Waals surface area contributed by atoms with E-state index in [4.69, 9.17) is 4.74 Å². The molecule has 0 spiro atoms. The first-order valence-corrected chi connectivity index (χ1v) is 6.74. The number of nitrogens with one attached hydrogen (secondary N) is 1. The van der Waals surface area contributed by atoms with Crippen LogP contribution in [-0.2, 0) is 4.74 Å². The van der Waals surface area contributed by atoms with Crippen LogP contribution in [0.2, 0.25) is 0 Å². The molecule has 2 unspecified atom stereocenters. The maximum absolute atomic E-state index is 9.94. The molecule has 0 aromatic heterocycles. The van der Waals surface area contributed by atoms with Gasteiger partial charge < -0.3 is 15.2 Å². The van der Waals surface area contributed by atoms with Gasteiger partial charge in [0.25, 0.3) is 0 Å². The van der Waals surface area contributed by atoms with Gasteiger partial charge in [0.1, 0.15) is 0 Å². The molecule has 0 saturated carbocycles. The molecule has 1 aliphatic heterocycles. The van der Waals surface area contributed by atoms with Crippen molar-refractivity contribution >= 4 is 0 Å². The summed E-state index contributed by atoms with van der Waals surface area (Å²) in [5.74, 6) is 1.08. The molecule has 0 bridgehead atoms. The van der Waals surface area contributed by atoms with Crippen molar-refractivity contribution in [2.75, 3.05) is 26.3 Å². The molecular formula is C13H27NO2. The monoisotopic (exact) mass is 229 g/mol. The summed E-state index contributed by atoms with van der Waals surface area (Å²) in [6.07, 6.45) is 4.37. The van der Waals surface area contributed by atoms with Crippen molar-refractivity contribution in [3.63, 3.8) is 0 Å². The molecule has 1 rings (SSSR count). The normalized spacial score (nSPS) is 23.6. The van der Waals surface area contributed by atoms with Gasteiger partial charge in [0, 0.05) is 19.7 Å². The highest BCUT2D eigenvalue weighted by Crippen LogP contribution is 2.14. The molecule has 1 saturated heterocycles. The summed E-state index contributed by atoms with van der Waals surface area (Å²) < 4.78 is 5.43. The van der Waals surface area contributed by atoms with E-state index >= 15 is 0 Å². The van der Waals surface area contributed by atoms with Crippen molar-refractivity contribution in [2.45, 2.75) is 45.6 Å². The molecule has 1 fully saturated rings. The van der Waals surface area contributed by atoms with Crippen molar-refractivity contribution in [1.29, 1.82) is 0 Å². The second-order valence-electron chi connectivity index (χ2n) is 4.89. The molecule has 0 amide bonds. The van der Waals surface area contributed by atoms with Gasteiger partial charge in [-0.25, -0.2) is 0 Å². The Morgan fingerprint density at radius 1 is 1.38 bits per heavy atom. The molecule has 2 atom stereocenters. The first kappa shape index (κ1) is 13.9. The number of aliphatic hydroxyl groups is 1. The van der Waals surface area contributed by atoms with Gasteiger partial charge in [-0.05, 0) is 24.7 Å². The zero-order valence-corrected chi connectivity index (χ0v) is 10.7. The highest BCUT2D eigenvalue weighted by atomic mass is 16.5. The van der Waals surface area contributed by atoms with E-state index in [1.807, 2.05) is 0 Å². The van der Waals surface area contributed by atoms with Crippen molar-refractivity contribution in [3.8, 4) is 0 Å². The molecule has 96 valence electrons. The van der Waals surface area contributed by atoms with Gasteiger partial charge in [-0.2, -0.15) is 0 Å². The van der Waals surface area contributed by atoms with Gasteiger partial charge in [0.05, 0.1) is 12.7 Å². The predicted octanol–water partition coefficient (Wildman–Crippen LogP) is 1.80. The van der Waals surface area contributed by atoms with E-state index in [1.54, 1.807) is 0 Å². The summed E-state index contributed by atoms with van der Waals surface area (Å²) in [5, 5.41) is 13.3. The minimum Gasteiger partial charge on any atom is -0.392 e. The highest BCUT2D eigenvalue weighted by molar-refractivity contribution is 4.71. The summed E-state index contributed by atoms with van der Waals surface area (Å²) in [6, 6.07) is 0. The zero-order chi connectivity index (χ0) is 11.8. The first-order chi connectivity index (χ1) is 7.77. The van der Waals surface area contributed by atoms with Gasteiger partial charge >= 0.3 is 0 Å². The Morgan fingerprint density at radius 2 is 2.12 bits per heavy atom. The second kappa shape index (κ2) is 8.04. The van der Waals surface area contributed by atoms with Crippen LogP contribution in [0.1, 0.15) is 39.5 Å². The zero-order valence-electron chi connectivity index (χ0n) is 10.7. The molecule has 1 heterocycles. The number of hydrogen-bond donors (Lipinski definition) is 2. The first-order valence-electron chi connectivity index (χ1n) is 6.74. The average molecular weight is 229 g/mol. The Hall–Kier alpha value is -0.120. The van der Waals surface area contributed by atoms with Crippen molar-refractivity contribution < 1.29 is 9.84 Å². The largest absolute Gasteiger partial charge is 0.392 e. The Kier molecular flexibility index (Phi) is 7.01. The third-order valence-corrected chi connectivity index (χ3v) is 3.63. The molecule has 16 heavy (non-hydrogen) atoms. The van der Waals surface area contributed by atoms with Gasteiger partial charge in [-0.1, -0.05) is 26.7 Å². The maximum Gasteiger partial charge on any atom is 0.0692 e. The Bertz CT molecular complexity index is 165. The molecule has 0 aromatic rings. The summed E-state index contributed by atoms with van der Waals surface area (Å²) in [6.45, 7) is 7.81. The Labute approximate surface area is 99.6 Å². The van der Waals surface area contributed by atoms with Gasteiger partial charge in [-0.15, -0.1) is 0 Å². The Morgan fingerprint density at radius 3 is 2.69 bits per heavy atom. The van der Waals surface area contributed by atoms with Crippen molar-refractivity contribution in [1.82, 2.24) is 5.32 Å². The van der Waals surface area contributed by atoms with Crippen LogP contribution in [0.15, 0.2) is 0 Å². The van der Waals surface area contributed by atoms with Gasteiger partial charge in [-0.3, -0.25) is 0 Å². The molecule has 3 heteroatoms.